The van der Waals surface area contributed by atoms with Crippen molar-refractivity contribution in [2.45, 2.75) is 20.4 Å². The van der Waals surface area contributed by atoms with Gasteiger partial charge in [0.1, 0.15) is 10.7 Å². The quantitative estimate of drug-likeness (QED) is 0.891. The lowest BCUT2D eigenvalue weighted by atomic mass is 10.1. The molecule has 1 aromatic heterocycles. The molecule has 94 valence electrons. The Morgan fingerprint density at radius 1 is 1.39 bits per heavy atom. The molecule has 4 nitrogen and oxygen atoms in total. The van der Waals surface area contributed by atoms with Crippen LogP contribution in [0, 0.1) is 13.8 Å². The summed E-state index contributed by atoms with van der Waals surface area (Å²) in [5, 5.41) is 5.39. The van der Waals surface area contributed by atoms with Crippen molar-refractivity contribution in [3.05, 3.63) is 45.4 Å². The molecule has 0 spiro atoms. The van der Waals surface area contributed by atoms with Crippen molar-refractivity contribution in [2.24, 2.45) is 5.73 Å². The van der Waals surface area contributed by atoms with Gasteiger partial charge in [0.05, 0.1) is 0 Å². The molecular weight excluding hydrogens is 246 g/mol. The minimum atomic E-state index is -0.191. The predicted molar refractivity (Wildman–Crippen MR) is 73.9 cm³/mol. The van der Waals surface area contributed by atoms with E-state index in [0.29, 0.717) is 12.2 Å². The number of nitrogens with two attached hydrogens (primary N) is 1. The van der Waals surface area contributed by atoms with Gasteiger partial charge in [-0.2, -0.15) is 0 Å². The Morgan fingerprint density at radius 2 is 2.06 bits per heavy atom. The molecule has 18 heavy (non-hydrogen) atoms. The highest BCUT2D eigenvalue weighted by atomic mass is 32.1. The molecule has 0 saturated heterocycles. The van der Waals surface area contributed by atoms with Gasteiger partial charge in [0.15, 0.2) is 0 Å². The number of benzene rings is 1. The lowest BCUT2D eigenvalue weighted by Gasteiger charge is -2.10. The van der Waals surface area contributed by atoms with E-state index in [1.807, 2.05) is 32.0 Å². The monoisotopic (exact) mass is 261 g/mol. The van der Waals surface area contributed by atoms with Gasteiger partial charge < -0.3 is 11.1 Å². The van der Waals surface area contributed by atoms with Crippen LogP contribution in [0.25, 0.3) is 0 Å². The Hall–Kier alpha value is -1.72. The van der Waals surface area contributed by atoms with Crippen LogP contribution < -0.4 is 11.1 Å². The van der Waals surface area contributed by atoms with Crippen LogP contribution in [-0.2, 0) is 6.54 Å². The molecule has 0 aliphatic carbocycles. The molecule has 0 fully saturated rings. The number of anilines is 1. The molecule has 0 atom stereocenters. The maximum Gasteiger partial charge on any atom is 0.275 e. The van der Waals surface area contributed by atoms with Gasteiger partial charge in [-0.3, -0.25) is 4.79 Å². The van der Waals surface area contributed by atoms with Crippen molar-refractivity contribution in [3.63, 3.8) is 0 Å². The highest BCUT2D eigenvalue weighted by Gasteiger charge is 2.12. The summed E-state index contributed by atoms with van der Waals surface area (Å²) in [7, 11) is 0. The average Bonchev–Trinajstić information content (AvgIpc) is 2.82. The van der Waals surface area contributed by atoms with E-state index >= 15 is 0 Å². The number of hydrogen-bond acceptors (Lipinski definition) is 4. The van der Waals surface area contributed by atoms with Crippen LogP contribution in [0.15, 0.2) is 23.6 Å². The van der Waals surface area contributed by atoms with E-state index in [2.05, 4.69) is 10.3 Å². The van der Waals surface area contributed by atoms with E-state index in [1.54, 1.807) is 5.38 Å². The normalized spacial score (nSPS) is 10.4. The molecule has 0 radical (unpaired) electrons. The third kappa shape index (κ3) is 2.57. The van der Waals surface area contributed by atoms with Crippen molar-refractivity contribution in [3.8, 4) is 0 Å². The Bertz CT molecular complexity index is 557. The summed E-state index contributed by atoms with van der Waals surface area (Å²) in [5.74, 6) is -0.191. The van der Waals surface area contributed by atoms with Crippen molar-refractivity contribution >= 4 is 22.9 Å². The van der Waals surface area contributed by atoms with Crippen LogP contribution in [0.2, 0.25) is 0 Å². The Morgan fingerprint density at radius 3 is 2.61 bits per heavy atom. The fourth-order valence-corrected chi connectivity index (χ4v) is 2.35. The molecule has 2 aromatic rings. The number of hydrogen-bond donors (Lipinski definition) is 2. The zero-order valence-corrected chi connectivity index (χ0v) is 11.2. The van der Waals surface area contributed by atoms with Crippen molar-refractivity contribution in [2.75, 3.05) is 5.32 Å². The topological polar surface area (TPSA) is 68.0 Å². The van der Waals surface area contributed by atoms with Gasteiger partial charge in [0.25, 0.3) is 5.91 Å². The largest absolute Gasteiger partial charge is 0.325 e. The lowest BCUT2D eigenvalue weighted by Crippen LogP contribution is -2.14. The number of para-hydroxylation sites is 1. The van der Waals surface area contributed by atoms with Crippen LogP contribution in [0.1, 0.15) is 26.6 Å². The first-order valence-electron chi connectivity index (χ1n) is 5.64. The van der Waals surface area contributed by atoms with Gasteiger partial charge in [-0.15, -0.1) is 11.3 Å². The summed E-state index contributed by atoms with van der Waals surface area (Å²) in [6.45, 7) is 4.30. The fourth-order valence-electron chi connectivity index (χ4n) is 1.70. The minimum absolute atomic E-state index is 0.191. The number of carbonyl (C=O) groups excluding carboxylic acids is 1. The first-order chi connectivity index (χ1) is 8.61. The molecule has 1 heterocycles. The minimum Gasteiger partial charge on any atom is -0.325 e. The molecule has 3 N–H and O–H groups in total. The second-order valence-corrected chi connectivity index (χ2v) is 4.99. The van der Waals surface area contributed by atoms with Gasteiger partial charge in [-0.1, -0.05) is 18.2 Å². The van der Waals surface area contributed by atoms with Crippen LogP contribution in [-0.4, -0.2) is 10.9 Å². The van der Waals surface area contributed by atoms with Gasteiger partial charge in [-0.05, 0) is 25.0 Å². The number of amides is 1. The average molecular weight is 261 g/mol. The molecule has 0 aliphatic heterocycles. The summed E-state index contributed by atoms with van der Waals surface area (Å²) in [4.78, 5) is 16.2. The number of aromatic nitrogens is 1. The van der Waals surface area contributed by atoms with Gasteiger partial charge in [0, 0.05) is 17.6 Å². The smallest absolute Gasteiger partial charge is 0.275 e. The van der Waals surface area contributed by atoms with E-state index in [0.717, 1.165) is 21.8 Å². The molecule has 0 aliphatic rings. The summed E-state index contributed by atoms with van der Waals surface area (Å²) in [6.07, 6.45) is 0. The van der Waals surface area contributed by atoms with Crippen LogP contribution in [0.4, 0.5) is 5.69 Å². The third-order valence-corrected chi connectivity index (χ3v) is 3.55. The first-order valence-corrected chi connectivity index (χ1v) is 6.52. The Balaban J connectivity index is 2.21. The lowest BCUT2D eigenvalue weighted by molar-refractivity contribution is 0.102. The summed E-state index contributed by atoms with van der Waals surface area (Å²) < 4.78 is 0. The van der Waals surface area contributed by atoms with Gasteiger partial charge in [-0.25, -0.2) is 4.98 Å². The summed E-state index contributed by atoms with van der Waals surface area (Å²) >= 11 is 1.40. The fraction of sp³-hybridized carbons (Fsp3) is 0.231. The van der Waals surface area contributed by atoms with Crippen molar-refractivity contribution < 1.29 is 4.79 Å². The van der Waals surface area contributed by atoms with Crippen LogP contribution in [0.3, 0.4) is 0 Å². The zero-order chi connectivity index (χ0) is 13.1. The first kappa shape index (κ1) is 12.7. The standard InChI is InChI=1S/C13H15N3OS/c1-8-4-3-5-9(2)12(8)16-13(17)10-7-18-11(6-14)15-10/h3-5,7H,6,14H2,1-2H3,(H,16,17). The maximum atomic E-state index is 12.0. The molecule has 0 unspecified atom stereocenters. The van der Waals surface area contributed by atoms with E-state index in [4.69, 9.17) is 5.73 Å². The van der Waals surface area contributed by atoms with E-state index in [9.17, 15) is 4.79 Å². The predicted octanol–water partition coefficient (Wildman–Crippen LogP) is 2.47. The van der Waals surface area contributed by atoms with Crippen LogP contribution >= 0.6 is 11.3 Å². The molecule has 5 heteroatoms. The van der Waals surface area contributed by atoms with Crippen molar-refractivity contribution in [1.82, 2.24) is 4.98 Å². The number of thiazole rings is 1. The Labute approximate surface area is 110 Å². The number of nitrogens with one attached hydrogen (secondary N) is 1. The second-order valence-electron chi connectivity index (χ2n) is 4.05. The second kappa shape index (κ2) is 5.29. The summed E-state index contributed by atoms with van der Waals surface area (Å²) in [5.41, 5.74) is 8.83. The van der Waals surface area contributed by atoms with E-state index in [-0.39, 0.29) is 5.91 Å². The van der Waals surface area contributed by atoms with Crippen molar-refractivity contribution in [1.29, 1.82) is 0 Å². The molecule has 2 rings (SSSR count). The van der Waals surface area contributed by atoms with Gasteiger partial charge in [0.2, 0.25) is 0 Å². The maximum absolute atomic E-state index is 12.0. The third-order valence-electron chi connectivity index (χ3n) is 2.68. The van der Waals surface area contributed by atoms with Crippen LogP contribution in [0.5, 0.6) is 0 Å². The molecular formula is C13H15N3OS. The Kier molecular flexibility index (Phi) is 3.74. The number of carbonyl (C=O) groups is 1. The molecule has 0 bridgehead atoms. The van der Waals surface area contributed by atoms with E-state index < -0.39 is 0 Å². The number of aryl methyl sites for hydroxylation is 2. The number of rotatable bonds is 3. The highest BCUT2D eigenvalue weighted by molar-refractivity contribution is 7.09. The zero-order valence-electron chi connectivity index (χ0n) is 10.4. The van der Waals surface area contributed by atoms with Gasteiger partial charge >= 0.3 is 0 Å². The molecule has 1 amide bonds. The molecule has 0 saturated carbocycles. The highest BCUT2D eigenvalue weighted by Crippen LogP contribution is 2.20. The molecule has 1 aromatic carbocycles. The SMILES string of the molecule is Cc1cccc(C)c1NC(=O)c1csc(CN)n1. The number of nitrogens with zero attached hydrogens (tertiary/aromatic N) is 1. The van der Waals surface area contributed by atoms with E-state index in [1.165, 1.54) is 11.3 Å². The summed E-state index contributed by atoms with van der Waals surface area (Å²) in [6, 6.07) is 5.90.